The van der Waals surface area contributed by atoms with Gasteiger partial charge in [0.15, 0.2) is 0 Å². The van der Waals surface area contributed by atoms with Crippen LogP contribution in [0.5, 0.6) is 0 Å². The van der Waals surface area contributed by atoms with Gasteiger partial charge < -0.3 is 9.87 Å². The van der Waals surface area contributed by atoms with Gasteiger partial charge in [0.25, 0.3) is 0 Å². The van der Waals surface area contributed by atoms with E-state index in [1.54, 1.807) is 0 Å². The first kappa shape index (κ1) is 16.8. The van der Waals surface area contributed by atoms with E-state index in [0.29, 0.717) is 5.69 Å². The van der Waals surface area contributed by atoms with Crippen molar-refractivity contribution >= 4 is 25.8 Å². The minimum Gasteiger partial charge on any atom is -0.747 e. The number of sulfonamides is 1. The summed E-state index contributed by atoms with van der Waals surface area (Å²) in [6.45, 7) is 0. The van der Waals surface area contributed by atoms with E-state index in [-0.39, 0.29) is 34.5 Å². The van der Waals surface area contributed by atoms with Gasteiger partial charge in [-0.2, -0.15) is 0 Å². The van der Waals surface area contributed by atoms with Crippen molar-refractivity contribution in [3.63, 3.8) is 0 Å². The van der Waals surface area contributed by atoms with Crippen molar-refractivity contribution in [1.82, 2.24) is 0 Å². The summed E-state index contributed by atoms with van der Waals surface area (Å²) >= 11 is 0. The Morgan fingerprint density at radius 3 is 1.94 bits per heavy atom. The molecule has 0 unspecified atom stereocenters. The molecule has 0 bridgehead atoms. The fraction of sp³-hybridized carbons (Fsp3) is 0.143. The first-order valence-corrected chi connectivity index (χ1v) is 7.11. The first-order chi connectivity index (χ1) is 7.18. The molecule has 0 heterocycles. The molecule has 3 N–H and O–H groups in total. The molecule has 0 aliphatic heterocycles. The third-order valence-electron chi connectivity index (χ3n) is 1.64. The number of anilines is 1. The van der Waals surface area contributed by atoms with E-state index in [1.165, 1.54) is 24.3 Å². The van der Waals surface area contributed by atoms with E-state index < -0.39 is 26.0 Å². The molecule has 17 heavy (non-hydrogen) atoms. The molecule has 7 nitrogen and oxygen atoms in total. The molecule has 1 aromatic rings. The molecule has 0 aliphatic rings. The second-order valence-corrected chi connectivity index (χ2v) is 5.91. The summed E-state index contributed by atoms with van der Waals surface area (Å²) in [6.07, 6.45) is 0. The fourth-order valence-corrected chi connectivity index (χ4v) is 1.79. The van der Waals surface area contributed by atoms with Crippen molar-refractivity contribution in [3.05, 3.63) is 24.3 Å². The van der Waals surface area contributed by atoms with Crippen LogP contribution in [0.4, 0.5) is 5.69 Å². The zero-order valence-corrected chi connectivity index (χ0v) is 12.6. The van der Waals surface area contributed by atoms with Gasteiger partial charge in [0.05, 0.1) is 4.90 Å². The number of benzene rings is 1. The van der Waals surface area contributed by atoms with Crippen molar-refractivity contribution in [3.8, 4) is 0 Å². The smallest absolute Gasteiger partial charge is 0.747 e. The van der Waals surface area contributed by atoms with Gasteiger partial charge in [0, 0.05) is 5.69 Å². The van der Waals surface area contributed by atoms with Crippen molar-refractivity contribution in [1.29, 1.82) is 0 Å². The van der Waals surface area contributed by atoms with Crippen molar-refractivity contribution < 1.29 is 50.9 Å². The third kappa shape index (κ3) is 6.36. The average Bonchev–Trinajstić information content (AvgIpc) is 2.13. The van der Waals surface area contributed by atoms with Crippen LogP contribution in [-0.2, 0) is 20.1 Å². The van der Waals surface area contributed by atoms with Gasteiger partial charge in [-0.25, -0.2) is 22.0 Å². The largest absolute Gasteiger partial charge is 1.00 e. The standard InChI is InChI=1S/C7H10N2O5S2.Na/c8-16(13,14)7-3-1-6(2-4-7)9-5-15(10,11)12;/h1-4,9H,5H2,(H2,8,13,14)(H,10,11,12);/q;+1/p-1. The second kappa shape index (κ2) is 6.14. The van der Waals surface area contributed by atoms with Gasteiger partial charge in [-0.3, -0.25) is 0 Å². The molecule has 10 heteroatoms. The number of primary sulfonamides is 1. The summed E-state index contributed by atoms with van der Waals surface area (Å²) in [5.74, 6) is -0.762. The predicted octanol–water partition coefficient (Wildman–Crippen LogP) is -3.75. The molecule has 1 rings (SSSR count). The van der Waals surface area contributed by atoms with Gasteiger partial charge in [-0.05, 0) is 24.3 Å². The van der Waals surface area contributed by atoms with Crippen LogP contribution >= 0.6 is 0 Å². The van der Waals surface area contributed by atoms with Crippen molar-refractivity contribution in [2.45, 2.75) is 4.90 Å². The molecule has 0 amide bonds. The maximum atomic E-state index is 10.9. The molecule has 90 valence electrons. The van der Waals surface area contributed by atoms with Gasteiger partial charge in [-0.1, -0.05) is 0 Å². The van der Waals surface area contributed by atoms with Crippen molar-refractivity contribution in [2.75, 3.05) is 11.2 Å². The first-order valence-electron chi connectivity index (χ1n) is 3.99. The zero-order valence-electron chi connectivity index (χ0n) is 8.95. The van der Waals surface area contributed by atoms with Gasteiger partial charge in [0.2, 0.25) is 10.0 Å². The van der Waals surface area contributed by atoms with E-state index in [1.807, 2.05) is 0 Å². The Bertz CT molecular complexity index is 567. The number of nitrogens with one attached hydrogen (secondary N) is 1. The summed E-state index contributed by atoms with van der Waals surface area (Å²) in [5, 5.41) is 7.18. The molecule has 0 saturated carbocycles. The summed E-state index contributed by atoms with van der Waals surface area (Å²) in [7, 11) is -8.14. The quantitative estimate of drug-likeness (QED) is 0.432. The summed E-state index contributed by atoms with van der Waals surface area (Å²) in [5.41, 5.74) is 0.312. The van der Waals surface area contributed by atoms with Crippen LogP contribution in [0.25, 0.3) is 0 Å². The predicted molar refractivity (Wildman–Crippen MR) is 56.0 cm³/mol. The zero-order chi connectivity index (χ0) is 12.4. The molecule has 1 aromatic carbocycles. The Kier molecular flexibility index (Phi) is 6.08. The minimum absolute atomic E-state index is 0. The number of hydrogen-bond donors (Lipinski definition) is 2. The summed E-state index contributed by atoms with van der Waals surface area (Å²) in [6, 6.07) is 5.03. The molecule has 0 aliphatic carbocycles. The topological polar surface area (TPSA) is 129 Å². The molecular formula is C7H9N2NaO5S2. The Hall–Kier alpha value is -0.160. The maximum Gasteiger partial charge on any atom is 1.00 e. The van der Waals surface area contributed by atoms with Crippen LogP contribution in [-0.4, -0.2) is 27.3 Å². The van der Waals surface area contributed by atoms with Crippen molar-refractivity contribution in [2.24, 2.45) is 5.14 Å². The molecule has 0 saturated heterocycles. The second-order valence-electron chi connectivity index (χ2n) is 2.95. The minimum atomic E-state index is -4.36. The van der Waals surface area contributed by atoms with Gasteiger partial charge >= 0.3 is 29.6 Å². The van der Waals surface area contributed by atoms with E-state index in [4.69, 9.17) is 5.14 Å². The van der Waals surface area contributed by atoms with E-state index >= 15 is 0 Å². The molecule has 0 aromatic heterocycles. The Morgan fingerprint density at radius 1 is 1.12 bits per heavy atom. The Labute approximate surface area is 121 Å². The maximum absolute atomic E-state index is 10.9. The van der Waals surface area contributed by atoms with Crippen LogP contribution in [0.15, 0.2) is 29.2 Å². The third-order valence-corrected chi connectivity index (χ3v) is 3.06. The van der Waals surface area contributed by atoms with E-state index in [9.17, 15) is 21.4 Å². The number of rotatable bonds is 4. The number of nitrogens with two attached hydrogens (primary N) is 1. The summed E-state index contributed by atoms with van der Waals surface area (Å²) < 4.78 is 52.6. The Morgan fingerprint density at radius 2 is 1.59 bits per heavy atom. The monoisotopic (exact) mass is 288 g/mol. The van der Waals surface area contributed by atoms with E-state index in [2.05, 4.69) is 5.32 Å². The summed E-state index contributed by atoms with van der Waals surface area (Å²) in [4.78, 5) is -0.0944. The van der Waals surface area contributed by atoms with Crippen LogP contribution in [0.2, 0.25) is 0 Å². The van der Waals surface area contributed by atoms with Crippen LogP contribution in [0.3, 0.4) is 0 Å². The van der Waals surface area contributed by atoms with Crippen LogP contribution < -0.4 is 40.0 Å². The van der Waals surface area contributed by atoms with Gasteiger partial charge in [-0.15, -0.1) is 0 Å². The molecule has 0 spiro atoms. The van der Waals surface area contributed by atoms with Crippen LogP contribution in [0, 0.1) is 0 Å². The molecular weight excluding hydrogens is 279 g/mol. The normalized spacial score (nSPS) is 11.6. The fourth-order valence-electron chi connectivity index (χ4n) is 0.934. The molecule has 0 fully saturated rings. The number of hydrogen-bond acceptors (Lipinski definition) is 6. The Balaban J connectivity index is 0.00000256. The SMILES string of the molecule is NS(=O)(=O)c1ccc(NCS(=O)(=O)[O-])cc1.[Na+]. The molecule has 0 radical (unpaired) electrons. The van der Waals surface area contributed by atoms with Gasteiger partial charge in [0.1, 0.15) is 16.0 Å². The van der Waals surface area contributed by atoms with Crippen LogP contribution in [0.1, 0.15) is 0 Å². The van der Waals surface area contributed by atoms with E-state index in [0.717, 1.165) is 0 Å². The molecule has 0 atom stereocenters. The average molecular weight is 288 g/mol.